The first kappa shape index (κ1) is 13.7. The lowest BCUT2D eigenvalue weighted by atomic mass is 10.0. The SMILES string of the molecule is CSc1ccc(N=Cc2c(O)ccc3ccccc23)cc1. The van der Waals surface area contributed by atoms with Crippen molar-refractivity contribution >= 4 is 34.4 Å². The number of aromatic hydroxyl groups is 1. The summed E-state index contributed by atoms with van der Waals surface area (Å²) in [5, 5.41) is 12.2. The van der Waals surface area contributed by atoms with Crippen LogP contribution in [0.1, 0.15) is 5.56 Å². The van der Waals surface area contributed by atoms with E-state index in [2.05, 4.69) is 4.99 Å². The van der Waals surface area contributed by atoms with Gasteiger partial charge in [-0.25, -0.2) is 0 Å². The van der Waals surface area contributed by atoms with Crippen LogP contribution in [0.15, 0.2) is 70.6 Å². The lowest BCUT2D eigenvalue weighted by molar-refractivity contribution is 0.475. The van der Waals surface area contributed by atoms with Crippen molar-refractivity contribution in [3.63, 3.8) is 0 Å². The number of thioether (sulfide) groups is 1. The molecule has 0 atom stereocenters. The van der Waals surface area contributed by atoms with E-state index in [0.29, 0.717) is 0 Å². The molecule has 1 N–H and O–H groups in total. The van der Waals surface area contributed by atoms with Gasteiger partial charge in [0.05, 0.1) is 5.69 Å². The molecule has 0 aromatic heterocycles. The minimum atomic E-state index is 0.248. The Labute approximate surface area is 128 Å². The second-order valence-corrected chi connectivity index (χ2v) is 5.56. The Bertz CT molecular complexity index is 794. The van der Waals surface area contributed by atoms with Crippen molar-refractivity contribution in [2.24, 2.45) is 4.99 Å². The fourth-order valence-electron chi connectivity index (χ4n) is 2.23. The van der Waals surface area contributed by atoms with E-state index < -0.39 is 0 Å². The molecule has 3 aromatic rings. The fourth-order valence-corrected chi connectivity index (χ4v) is 2.64. The van der Waals surface area contributed by atoms with Crippen LogP contribution in [0.5, 0.6) is 5.75 Å². The molecular formula is C18H15NOS. The molecule has 0 spiro atoms. The number of benzene rings is 3. The summed E-state index contributed by atoms with van der Waals surface area (Å²) in [6, 6.07) is 19.6. The smallest absolute Gasteiger partial charge is 0.124 e. The molecule has 21 heavy (non-hydrogen) atoms. The van der Waals surface area contributed by atoms with Crippen LogP contribution in [-0.4, -0.2) is 17.6 Å². The van der Waals surface area contributed by atoms with Crippen molar-refractivity contribution in [1.29, 1.82) is 0 Å². The highest BCUT2D eigenvalue weighted by molar-refractivity contribution is 7.98. The van der Waals surface area contributed by atoms with E-state index in [9.17, 15) is 5.11 Å². The van der Waals surface area contributed by atoms with Gasteiger partial charge in [0.1, 0.15) is 5.75 Å². The summed E-state index contributed by atoms with van der Waals surface area (Å²) in [4.78, 5) is 5.68. The molecule has 0 aliphatic carbocycles. The van der Waals surface area contributed by atoms with Crippen molar-refractivity contribution in [3.8, 4) is 5.75 Å². The maximum atomic E-state index is 10.1. The van der Waals surface area contributed by atoms with Crippen LogP contribution in [0.25, 0.3) is 10.8 Å². The molecule has 0 saturated carbocycles. The Morgan fingerprint density at radius 3 is 2.48 bits per heavy atom. The Balaban J connectivity index is 2.00. The molecule has 0 amide bonds. The van der Waals surface area contributed by atoms with Gasteiger partial charge >= 0.3 is 0 Å². The van der Waals surface area contributed by atoms with Crippen molar-refractivity contribution in [2.45, 2.75) is 4.90 Å². The van der Waals surface area contributed by atoms with Crippen LogP contribution in [0.3, 0.4) is 0 Å². The van der Waals surface area contributed by atoms with Crippen LogP contribution in [0, 0.1) is 0 Å². The van der Waals surface area contributed by atoms with Gasteiger partial charge in [0.15, 0.2) is 0 Å². The molecule has 0 aliphatic heterocycles. The molecule has 3 heteroatoms. The molecule has 3 aromatic carbocycles. The van der Waals surface area contributed by atoms with Crippen molar-refractivity contribution in [2.75, 3.05) is 6.26 Å². The molecule has 0 unspecified atom stereocenters. The van der Waals surface area contributed by atoms with E-state index in [4.69, 9.17) is 0 Å². The van der Waals surface area contributed by atoms with Crippen LogP contribution < -0.4 is 0 Å². The Morgan fingerprint density at radius 2 is 1.71 bits per heavy atom. The number of aliphatic imine (C=N–C) groups is 1. The number of fused-ring (bicyclic) bond motifs is 1. The number of nitrogens with zero attached hydrogens (tertiary/aromatic N) is 1. The van der Waals surface area contributed by atoms with Crippen molar-refractivity contribution < 1.29 is 5.11 Å². The first-order valence-electron chi connectivity index (χ1n) is 6.67. The predicted molar refractivity (Wildman–Crippen MR) is 91.1 cm³/mol. The Kier molecular flexibility index (Phi) is 3.93. The van der Waals surface area contributed by atoms with E-state index in [1.54, 1.807) is 24.0 Å². The van der Waals surface area contributed by atoms with Gasteiger partial charge in [0.25, 0.3) is 0 Å². The van der Waals surface area contributed by atoms with Gasteiger partial charge in [0.2, 0.25) is 0 Å². The highest BCUT2D eigenvalue weighted by Gasteiger charge is 2.04. The van der Waals surface area contributed by atoms with Gasteiger partial charge in [-0.05, 0) is 47.4 Å². The minimum absolute atomic E-state index is 0.248. The molecule has 0 fully saturated rings. The highest BCUT2D eigenvalue weighted by Crippen LogP contribution is 2.26. The normalized spacial score (nSPS) is 11.3. The lowest BCUT2D eigenvalue weighted by Crippen LogP contribution is -1.85. The second kappa shape index (κ2) is 6.02. The van der Waals surface area contributed by atoms with E-state index in [-0.39, 0.29) is 5.75 Å². The average molecular weight is 293 g/mol. The molecule has 104 valence electrons. The summed E-state index contributed by atoms with van der Waals surface area (Å²) in [5.41, 5.74) is 1.63. The van der Waals surface area contributed by atoms with Crippen LogP contribution in [0.2, 0.25) is 0 Å². The van der Waals surface area contributed by atoms with Crippen LogP contribution in [0.4, 0.5) is 5.69 Å². The fraction of sp³-hybridized carbons (Fsp3) is 0.0556. The number of phenols is 1. The number of rotatable bonds is 3. The van der Waals surface area contributed by atoms with Gasteiger partial charge in [-0.1, -0.05) is 30.3 Å². The van der Waals surface area contributed by atoms with Crippen LogP contribution >= 0.6 is 11.8 Å². The van der Waals surface area contributed by atoms with E-state index in [1.807, 2.05) is 60.9 Å². The van der Waals surface area contributed by atoms with Gasteiger partial charge in [0, 0.05) is 16.7 Å². The van der Waals surface area contributed by atoms with Gasteiger partial charge in [-0.3, -0.25) is 4.99 Å². The first-order valence-corrected chi connectivity index (χ1v) is 7.89. The predicted octanol–water partition coefficient (Wildman–Crippen LogP) is 5.02. The molecular weight excluding hydrogens is 278 g/mol. The highest BCUT2D eigenvalue weighted by atomic mass is 32.2. The Hall–Kier alpha value is -2.26. The third kappa shape index (κ3) is 2.93. The summed E-state index contributed by atoms with van der Waals surface area (Å²) in [7, 11) is 0. The van der Waals surface area contributed by atoms with Gasteiger partial charge < -0.3 is 5.11 Å². The van der Waals surface area contributed by atoms with E-state index in [1.165, 1.54) is 4.90 Å². The zero-order valence-electron chi connectivity index (χ0n) is 11.7. The molecule has 0 bridgehead atoms. The van der Waals surface area contributed by atoms with Gasteiger partial charge in [-0.15, -0.1) is 11.8 Å². The number of hydrogen-bond acceptors (Lipinski definition) is 3. The Morgan fingerprint density at radius 1 is 0.952 bits per heavy atom. The largest absolute Gasteiger partial charge is 0.507 e. The molecule has 0 radical (unpaired) electrons. The minimum Gasteiger partial charge on any atom is -0.507 e. The average Bonchev–Trinajstić information content (AvgIpc) is 2.54. The molecule has 0 saturated heterocycles. The number of phenolic OH excluding ortho intramolecular Hbond substituents is 1. The van der Waals surface area contributed by atoms with Crippen LogP contribution in [-0.2, 0) is 0 Å². The van der Waals surface area contributed by atoms with Crippen molar-refractivity contribution in [1.82, 2.24) is 0 Å². The molecule has 0 heterocycles. The maximum Gasteiger partial charge on any atom is 0.124 e. The van der Waals surface area contributed by atoms with Crippen molar-refractivity contribution in [3.05, 3.63) is 66.2 Å². The van der Waals surface area contributed by atoms with Gasteiger partial charge in [-0.2, -0.15) is 0 Å². The van der Waals surface area contributed by atoms with E-state index in [0.717, 1.165) is 22.0 Å². The monoisotopic (exact) mass is 293 g/mol. The standard InChI is InChI=1S/C18H15NOS/c1-21-15-9-7-14(8-10-15)19-12-17-16-5-3-2-4-13(16)6-11-18(17)20/h2-12,20H,1H3. The zero-order chi connectivity index (χ0) is 14.7. The topological polar surface area (TPSA) is 32.6 Å². The summed E-state index contributed by atoms with van der Waals surface area (Å²) in [5.74, 6) is 0.248. The summed E-state index contributed by atoms with van der Waals surface area (Å²) in [6.45, 7) is 0. The lowest BCUT2D eigenvalue weighted by Gasteiger charge is -2.04. The maximum absolute atomic E-state index is 10.1. The van der Waals surface area contributed by atoms with E-state index >= 15 is 0 Å². The third-order valence-corrected chi connectivity index (χ3v) is 4.11. The third-order valence-electron chi connectivity index (χ3n) is 3.36. The summed E-state index contributed by atoms with van der Waals surface area (Å²) < 4.78 is 0. The quantitative estimate of drug-likeness (QED) is 0.543. The zero-order valence-corrected chi connectivity index (χ0v) is 12.5. The molecule has 3 rings (SSSR count). The molecule has 2 nitrogen and oxygen atoms in total. The summed E-state index contributed by atoms with van der Waals surface area (Å²) >= 11 is 1.70. The number of hydrogen-bond donors (Lipinski definition) is 1. The summed E-state index contributed by atoms with van der Waals surface area (Å²) in [6.07, 6.45) is 3.78. The first-order chi connectivity index (χ1) is 10.3. The second-order valence-electron chi connectivity index (χ2n) is 4.68. The molecule has 0 aliphatic rings.